The van der Waals surface area contributed by atoms with Crippen molar-refractivity contribution in [2.24, 2.45) is 0 Å². The Morgan fingerprint density at radius 2 is 1.42 bits per heavy atom. The Bertz CT molecular complexity index is 1180. The van der Waals surface area contributed by atoms with Gasteiger partial charge in [-0.25, -0.2) is 4.98 Å². The van der Waals surface area contributed by atoms with Crippen LogP contribution in [-0.4, -0.2) is 42.4 Å². The molecule has 4 aromatic rings. The topological polar surface area (TPSA) is 50.4 Å². The molecule has 0 spiro atoms. The van der Waals surface area contributed by atoms with Gasteiger partial charge in [0, 0.05) is 37.6 Å². The van der Waals surface area contributed by atoms with Crippen LogP contribution in [0.5, 0.6) is 5.75 Å². The van der Waals surface area contributed by atoms with E-state index in [1.165, 1.54) is 11.1 Å². The molecule has 1 N–H and O–H groups in total. The first-order valence-electron chi connectivity index (χ1n) is 13.4. The number of nitrogens with zero attached hydrogens (tertiary/aromatic N) is 2. The van der Waals surface area contributed by atoms with E-state index < -0.39 is 8.32 Å². The van der Waals surface area contributed by atoms with Crippen molar-refractivity contribution in [1.82, 2.24) is 14.9 Å². The summed E-state index contributed by atoms with van der Waals surface area (Å²) in [4.78, 5) is 9.97. The van der Waals surface area contributed by atoms with Crippen molar-refractivity contribution in [1.29, 1.82) is 0 Å². The standard InChI is InChI=1S/C32H41N3O2Si/c1-32(2,3)38(4,5)37-30(25-36-29-18-16-28(17-19-29)31-33-20-21-34-31)24-35(22-26-12-8-6-9-13-26)23-27-14-10-7-11-15-27/h6-21,30H,22-25H2,1-5H3,(H,33,34). The largest absolute Gasteiger partial charge is 0.491 e. The van der Waals surface area contributed by atoms with Crippen molar-refractivity contribution in [3.63, 3.8) is 0 Å². The molecule has 1 aromatic heterocycles. The highest BCUT2D eigenvalue weighted by molar-refractivity contribution is 6.74. The van der Waals surface area contributed by atoms with E-state index >= 15 is 0 Å². The predicted molar refractivity (Wildman–Crippen MR) is 159 cm³/mol. The molecule has 0 bridgehead atoms. The second-order valence-corrected chi connectivity index (χ2v) is 16.2. The van der Waals surface area contributed by atoms with E-state index in [2.05, 4.69) is 109 Å². The molecule has 6 heteroatoms. The average molecular weight is 528 g/mol. The van der Waals surface area contributed by atoms with E-state index in [0.717, 1.165) is 36.8 Å². The van der Waals surface area contributed by atoms with Crippen molar-refractivity contribution >= 4 is 8.32 Å². The fourth-order valence-corrected chi connectivity index (χ4v) is 5.52. The number of ether oxygens (including phenoxy) is 1. The van der Waals surface area contributed by atoms with Gasteiger partial charge in [0.25, 0.3) is 0 Å². The number of H-pyrrole nitrogens is 1. The molecule has 0 fully saturated rings. The number of hydrogen-bond acceptors (Lipinski definition) is 4. The van der Waals surface area contributed by atoms with Crippen LogP contribution in [0.4, 0.5) is 0 Å². The fraction of sp³-hybridized carbons (Fsp3) is 0.344. The highest BCUT2D eigenvalue weighted by Gasteiger charge is 2.39. The summed E-state index contributed by atoms with van der Waals surface area (Å²) in [6.45, 7) is 14.5. The number of hydrogen-bond donors (Lipinski definition) is 1. The van der Waals surface area contributed by atoms with Gasteiger partial charge >= 0.3 is 0 Å². The van der Waals surface area contributed by atoms with Gasteiger partial charge < -0.3 is 14.1 Å². The first-order chi connectivity index (χ1) is 18.2. The number of aromatic nitrogens is 2. The molecule has 4 rings (SSSR count). The van der Waals surface area contributed by atoms with E-state index in [1.54, 1.807) is 6.20 Å². The summed E-state index contributed by atoms with van der Waals surface area (Å²) < 4.78 is 13.3. The third-order valence-corrected chi connectivity index (χ3v) is 11.8. The minimum Gasteiger partial charge on any atom is -0.491 e. The van der Waals surface area contributed by atoms with E-state index in [0.29, 0.717) is 6.61 Å². The quantitative estimate of drug-likeness (QED) is 0.193. The third kappa shape index (κ3) is 7.90. The van der Waals surface area contributed by atoms with Crippen LogP contribution in [0, 0.1) is 0 Å². The van der Waals surface area contributed by atoms with Gasteiger partial charge in [-0.15, -0.1) is 0 Å². The van der Waals surface area contributed by atoms with Gasteiger partial charge in [0.15, 0.2) is 8.32 Å². The van der Waals surface area contributed by atoms with Crippen LogP contribution in [0.25, 0.3) is 11.4 Å². The van der Waals surface area contributed by atoms with Crippen molar-refractivity contribution in [2.75, 3.05) is 13.2 Å². The van der Waals surface area contributed by atoms with E-state index in [-0.39, 0.29) is 11.1 Å². The zero-order valence-electron chi connectivity index (χ0n) is 23.4. The van der Waals surface area contributed by atoms with Gasteiger partial charge in [0.2, 0.25) is 0 Å². The molecule has 1 unspecified atom stereocenters. The van der Waals surface area contributed by atoms with Crippen LogP contribution in [0.3, 0.4) is 0 Å². The zero-order chi connectivity index (χ0) is 27.0. The maximum atomic E-state index is 6.97. The molecule has 0 aliphatic heterocycles. The second kappa shape index (κ2) is 12.6. The third-order valence-electron chi connectivity index (χ3n) is 7.29. The smallest absolute Gasteiger partial charge is 0.192 e. The van der Waals surface area contributed by atoms with Gasteiger partial charge in [0.1, 0.15) is 18.2 Å². The number of nitrogens with one attached hydrogen (secondary N) is 1. The lowest BCUT2D eigenvalue weighted by Crippen LogP contribution is -2.48. The normalized spacial score (nSPS) is 13.0. The highest BCUT2D eigenvalue weighted by Crippen LogP contribution is 2.37. The van der Waals surface area contributed by atoms with Gasteiger partial charge in [-0.2, -0.15) is 0 Å². The monoisotopic (exact) mass is 527 g/mol. The molecule has 0 amide bonds. The maximum absolute atomic E-state index is 6.97. The molecule has 3 aromatic carbocycles. The first kappa shape index (κ1) is 27.8. The van der Waals surface area contributed by atoms with E-state index in [9.17, 15) is 0 Å². The van der Waals surface area contributed by atoms with Crippen LogP contribution >= 0.6 is 0 Å². The molecule has 200 valence electrons. The fourth-order valence-electron chi connectivity index (χ4n) is 4.20. The predicted octanol–water partition coefficient (Wildman–Crippen LogP) is 7.55. The Morgan fingerprint density at radius 1 is 0.842 bits per heavy atom. The van der Waals surface area contributed by atoms with E-state index in [4.69, 9.17) is 9.16 Å². The highest BCUT2D eigenvalue weighted by atomic mass is 28.4. The van der Waals surface area contributed by atoms with Crippen molar-refractivity contribution < 1.29 is 9.16 Å². The van der Waals surface area contributed by atoms with Gasteiger partial charge in [-0.05, 0) is 53.5 Å². The Labute approximate surface area is 229 Å². The molecule has 0 aliphatic rings. The molecular weight excluding hydrogens is 486 g/mol. The Balaban J connectivity index is 1.52. The Morgan fingerprint density at radius 3 is 1.92 bits per heavy atom. The van der Waals surface area contributed by atoms with Crippen molar-refractivity contribution in [3.8, 4) is 17.1 Å². The molecule has 1 atom stereocenters. The molecule has 38 heavy (non-hydrogen) atoms. The molecule has 0 radical (unpaired) electrons. The van der Waals surface area contributed by atoms with Crippen LogP contribution < -0.4 is 4.74 Å². The molecule has 5 nitrogen and oxygen atoms in total. The van der Waals surface area contributed by atoms with E-state index in [1.807, 2.05) is 30.5 Å². The van der Waals surface area contributed by atoms with Crippen molar-refractivity contribution in [2.45, 2.75) is 58.1 Å². The summed E-state index contributed by atoms with van der Waals surface area (Å²) in [7, 11) is -2.02. The second-order valence-electron chi connectivity index (χ2n) is 11.4. The van der Waals surface area contributed by atoms with Crippen LogP contribution in [0.1, 0.15) is 31.9 Å². The lowest BCUT2D eigenvalue weighted by molar-refractivity contribution is 0.0702. The summed E-state index contributed by atoms with van der Waals surface area (Å²) in [5, 5.41) is 0.111. The summed E-state index contributed by atoms with van der Waals surface area (Å²) in [5.74, 6) is 1.69. The zero-order valence-corrected chi connectivity index (χ0v) is 24.4. The molecule has 1 heterocycles. The maximum Gasteiger partial charge on any atom is 0.192 e. The summed E-state index contributed by atoms with van der Waals surface area (Å²) in [6.07, 6.45) is 3.53. The van der Waals surface area contributed by atoms with Gasteiger partial charge in [-0.1, -0.05) is 81.4 Å². The molecule has 0 saturated carbocycles. The number of benzene rings is 3. The summed E-state index contributed by atoms with van der Waals surface area (Å²) in [6, 6.07) is 29.4. The first-order valence-corrected chi connectivity index (χ1v) is 16.3. The average Bonchev–Trinajstić information content (AvgIpc) is 3.43. The van der Waals surface area contributed by atoms with Gasteiger partial charge in [-0.3, -0.25) is 4.90 Å². The van der Waals surface area contributed by atoms with Crippen LogP contribution in [0.15, 0.2) is 97.3 Å². The van der Waals surface area contributed by atoms with Gasteiger partial charge in [0.05, 0.1) is 6.10 Å². The molecular formula is C32H41N3O2Si. The number of rotatable bonds is 12. The Kier molecular flexibility index (Phi) is 9.20. The van der Waals surface area contributed by atoms with Crippen molar-refractivity contribution in [3.05, 3.63) is 108 Å². The Hall–Kier alpha value is -3.19. The summed E-state index contributed by atoms with van der Waals surface area (Å²) in [5.41, 5.74) is 3.63. The minimum absolute atomic E-state index is 0.0620. The van der Waals surface area contributed by atoms with Crippen LogP contribution in [-0.2, 0) is 17.5 Å². The number of imidazole rings is 1. The molecule has 0 aliphatic carbocycles. The lowest BCUT2D eigenvalue weighted by Gasteiger charge is -2.40. The van der Waals surface area contributed by atoms with Crippen LogP contribution in [0.2, 0.25) is 18.1 Å². The molecule has 0 saturated heterocycles. The minimum atomic E-state index is -2.02. The summed E-state index contributed by atoms with van der Waals surface area (Å²) >= 11 is 0. The lowest BCUT2D eigenvalue weighted by atomic mass is 10.1. The SMILES string of the molecule is CC(C)(C)[Si](C)(C)OC(COc1ccc(-c2ncc[nH]2)cc1)CN(Cc1ccccc1)Cc1ccccc1. The number of aromatic amines is 1.